The zero-order valence-electron chi connectivity index (χ0n) is 7.47. The zero-order valence-corrected chi connectivity index (χ0v) is 7.47. The number of hydrogen-bond donors (Lipinski definition) is 2. The normalized spacial score (nSPS) is 15.8. The van der Waals surface area contributed by atoms with E-state index >= 15 is 0 Å². The number of methoxy groups -OCH3 is 1. The van der Waals surface area contributed by atoms with Gasteiger partial charge in [-0.05, 0) is 12.8 Å². The molecule has 0 aliphatic carbocycles. The first-order valence-corrected chi connectivity index (χ1v) is 3.55. The van der Waals surface area contributed by atoms with Crippen LogP contribution in [0.3, 0.4) is 0 Å². The molecule has 0 aromatic carbocycles. The summed E-state index contributed by atoms with van der Waals surface area (Å²) in [5.74, 6) is 0.168. The lowest BCUT2D eigenvalue weighted by Crippen LogP contribution is -2.57. The summed E-state index contributed by atoms with van der Waals surface area (Å²) in [5.41, 5.74) is 5.02. The Kier molecular flexibility index (Phi) is 3.32. The average Bonchev–Trinajstić information content (AvgIpc) is 1.86. The first-order chi connectivity index (χ1) is 4.90. The topological polar surface area (TPSA) is 64.3 Å². The van der Waals surface area contributed by atoms with Gasteiger partial charge in [0.1, 0.15) is 0 Å². The highest BCUT2D eigenvalue weighted by Crippen LogP contribution is 2.08. The van der Waals surface area contributed by atoms with E-state index in [0.29, 0.717) is 0 Å². The lowest BCUT2D eigenvalue weighted by atomic mass is 10.00. The maximum atomic E-state index is 10.7. The van der Waals surface area contributed by atoms with E-state index in [0.717, 1.165) is 0 Å². The summed E-state index contributed by atoms with van der Waals surface area (Å²) in [6, 6.07) is 0. The third kappa shape index (κ3) is 3.23. The van der Waals surface area contributed by atoms with E-state index in [1.165, 1.54) is 7.11 Å². The monoisotopic (exact) mass is 160 g/mol. The third-order valence-electron chi connectivity index (χ3n) is 1.76. The highest BCUT2D eigenvalue weighted by Gasteiger charge is 2.24. The summed E-state index contributed by atoms with van der Waals surface area (Å²) in [5, 5.41) is 2.52. The Labute approximate surface area is 67.1 Å². The van der Waals surface area contributed by atoms with Gasteiger partial charge in [-0.25, -0.2) is 4.79 Å². The quantitative estimate of drug-likeness (QED) is 0.584. The summed E-state index contributed by atoms with van der Waals surface area (Å²) in [6.07, 6.45) is -0.497. The van der Waals surface area contributed by atoms with Crippen molar-refractivity contribution in [3.8, 4) is 0 Å². The van der Waals surface area contributed by atoms with Gasteiger partial charge in [-0.1, -0.05) is 13.8 Å². The summed E-state index contributed by atoms with van der Waals surface area (Å²) in [7, 11) is 1.31. The summed E-state index contributed by atoms with van der Waals surface area (Å²) in [6.45, 7) is 5.60. The summed E-state index contributed by atoms with van der Waals surface area (Å²) < 4.78 is 4.41. The van der Waals surface area contributed by atoms with Crippen LogP contribution in [0.15, 0.2) is 0 Å². The Hall–Kier alpha value is -0.770. The van der Waals surface area contributed by atoms with Crippen molar-refractivity contribution in [2.24, 2.45) is 11.7 Å². The van der Waals surface area contributed by atoms with E-state index in [1.54, 1.807) is 6.92 Å². The van der Waals surface area contributed by atoms with E-state index in [2.05, 4.69) is 10.1 Å². The van der Waals surface area contributed by atoms with Crippen LogP contribution in [0.4, 0.5) is 4.79 Å². The Balaban J connectivity index is 4.01. The molecular formula is C7H16N2O2. The number of hydrogen-bond acceptors (Lipinski definition) is 3. The number of rotatable bonds is 2. The van der Waals surface area contributed by atoms with E-state index in [4.69, 9.17) is 5.73 Å². The molecule has 0 saturated heterocycles. The van der Waals surface area contributed by atoms with Crippen LogP contribution >= 0.6 is 0 Å². The van der Waals surface area contributed by atoms with Gasteiger partial charge >= 0.3 is 6.09 Å². The molecule has 4 nitrogen and oxygen atoms in total. The number of carbonyl (C=O) groups excluding carboxylic acids is 1. The first-order valence-electron chi connectivity index (χ1n) is 3.55. The van der Waals surface area contributed by atoms with Crippen molar-refractivity contribution in [1.82, 2.24) is 5.32 Å². The predicted molar refractivity (Wildman–Crippen MR) is 43.0 cm³/mol. The Morgan fingerprint density at radius 2 is 2.09 bits per heavy atom. The van der Waals surface area contributed by atoms with Crippen LogP contribution in [-0.4, -0.2) is 18.9 Å². The van der Waals surface area contributed by atoms with Gasteiger partial charge in [0.2, 0.25) is 0 Å². The molecular weight excluding hydrogens is 144 g/mol. The molecule has 0 bridgehead atoms. The van der Waals surface area contributed by atoms with Gasteiger partial charge in [0.05, 0.1) is 12.8 Å². The van der Waals surface area contributed by atoms with Crippen molar-refractivity contribution in [3.63, 3.8) is 0 Å². The number of nitrogens with one attached hydrogen (secondary N) is 1. The molecule has 0 aromatic rings. The Morgan fingerprint density at radius 1 is 1.64 bits per heavy atom. The standard InChI is InChI=1S/C7H16N2O2/c1-5(2)7(3,8)9-6(10)11-4/h5H,8H2,1-4H3,(H,9,10)/t7-/m1/s1. The molecule has 0 aliphatic rings. The smallest absolute Gasteiger partial charge is 0.408 e. The maximum Gasteiger partial charge on any atom is 0.408 e. The van der Waals surface area contributed by atoms with Crippen molar-refractivity contribution < 1.29 is 9.53 Å². The first kappa shape index (κ1) is 10.2. The van der Waals surface area contributed by atoms with Crippen LogP contribution < -0.4 is 11.1 Å². The number of ether oxygens (including phenoxy) is 1. The zero-order chi connectivity index (χ0) is 9.07. The predicted octanol–water partition coefficient (Wildman–Crippen LogP) is 0.673. The minimum Gasteiger partial charge on any atom is -0.453 e. The summed E-state index contributed by atoms with van der Waals surface area (Å²) in [4.78, 5) is 10.7. The summed E-state index contributed by atoms with van der Waals surface area (Å²) >= 11 is 0. The highest BCUT2D eigenvalue weighted by molar-refractivity contribution is 5.67. The van der Waals surface area contributed by atoms with E-state index < -0.39 is 11.8 Å². The van der Waals surface area contributed by atoms with Gasteiger partial charge in [0, 0.05) is 0 Å². The lowest BCUT2D eigenvalue weighted by molar-refractivity contribution is 0.149. The van der Waals surface area contributed by atoms with Crippen LogP contribution in [0.1, 0.15) is 20.8 Å². The fourth-order valence-electron chi connectivity index (χ4n) is 0.415. The molecule has 0 spiro atoms. The van der Waals surface area contributed by atoms with Gasteiger partial charge in [-0.2, -0.15) is 0 Å². The van der Waals surface area contributed by atoms with E-state index in [9.17, 15) is 4.79 Å². The lowest BCUT2D eigenvalue weighted by Gasteiger charge is -2.29. The van der Waals surface area contributed by atoms with Gasteiger partial charge in [-0.15, -0.1) is 0 Å². The average molecular weight is 160 g/mol. The maximum absolute atomic E-state index is 10.7. The molecule has 0 unspecified atom stereocenters. The minimum atomic E-state index is -0.701. The second-order valence-corrected chi connectivity index (χ2v) is 3.05. The fraction of sp³-hybridized carbons (Fsp3) is 0.857. The largest absolute Gasteiger partial charge is 0.453 e. The van der Waals surface area contributed by atoms with Crippen LogP contribution in [0.5, 0.6) is 0 Å². The third-order valence-corrected chi connectivity index (χ3v) is 1.76. The number of carbonyl (C=O) groups is 1. The number of alkyl carbamates (subject to hydrolysis) is 1. The Morgan fingerprint density at radius 3 is 2.36 bits per heavy atom. The Bertz CT molecular complexity index is 143. The van der Waals surface area contributed by atoms with Crippen LogP contribution in [0.25, 0.3) is 0 Å². The van der Waals surface area contributed by atoms with Gasteiger partial charge < -0.3 is 15.8 Å². The van der Waals surface area contributed by atoms with E-state index in [-0.39, 0.29) is 5.92 Å². The minimum absolute atomic E-state index is 0.168. The molecule has 0 rings (SSSR count). The van der Waals surface area contributed by atoms with Crippen molar-refractivity contribution in [2.75, 3.05) is 7.11 Å². The molecule has 66 valence electrons. The van der Waals surface area contributed by atoms with Crippen molar-refractivity contribution in [3.05, 3.63) is 0 Å². The molecule has 0 fully saturated rings. The molecule has 4 heteroatoms. The second-order valence-electron chi connectivity index (χ2n) is 3.05. The van der Waals surface area contributed by atoms with Crippen molar-refractivity contribution >= 4 is 6.09 Å². The molecule has 11 heavy (non-hydrogen) atoms. The van der Waals surface area contributed by atoms with Crippen LogP contribution in [-0.2, 0) is 4.74 Å². The highest BCUT2D eigenvalue weighted by atomic mass is 16.5. The molecule has 0 aliphatic heterocycles. The molecule has 0 radical (unpaired) electrons. The molecule has 1 amide bonds. The number of amides is 1. The molecule has 0 aromatic heterocycles. The van der Waals surface area contributed by atoms with Gasteiger partial charge in [0.15, 0.2) is 0 Å². The van der Waals surface area contributed by atoms with Crippen molar-refractivity contribution in [1.29, 1.82) is 0 Å². The van der Waals surface area contributed by atoms with E-state index in [1.807, 2.05) is 13.8 Å². The van der Waals surface area contributed by atoms with Crippen LogP contribution in [0.2, 0.25) is 0 Å². The molecule has 3 N–H and O–H groups in total. The number of nitrogens with two attached hydrogens (primary N) is 1. The molecule has 1 atom stereocenters. The molecule has 0 heterocycles. The fourth-order valence-corrected chi connectivity index (χ4v) is 0.415. The van der Waals surface area contributed by atoms with Crippen molar-refractivity contribution in [2.45, 2.75) is 26.4 Å². The SMILES string of the molecule is COC(=O)N[C@@](C)(N)C(C)C. The van der Waals surface area contributed by atoms with Gasteiger partial charge in [-0.3, -0.25) is 0 Å². The van der Waals surface area contributed by atoms with Crippen LogP contribution in [0, 0.1) is 5.92 Å². The second kappa shape index (κ2) is 3.57. The van der Waals surface area contributed by atoms with Gasteiger partial charge in [0.25, 0.3) is 0 Å². The molecule has 0 saturated carbocycles.